The van der Waals surface area contributed by atoms with Crippen molar-refractivity contribution in [2.75, 3.05) is 5.32 Å². The predicted octanol–water partition coefficient (Wildman–Crippen LogP) is -0.225. The van der Waals surface area contributed by atoms with Crippen molar-refractivity contribution in [3.05, 3.63) is 50.5 Å². The molecule has 1 aliphatic rings. The Bertz CT molecular complexity index is 957. The SMILES string of the molecule is C[C@H]1O[C@@H](n2cc(F)c(NC(=O)c3ccc([N+](=O)[O-])o3)nc2=O)[C@H](O)[C@@H]1O. The molecule has 13 heteroatoms. The average Bonchev–Trinajstić information content (AvgIpc) is 3.20. The second-order valence-electron chi connectivity index (χ2n) is 5.69. The van der Waals surface area contributed by atoms with E-state index >= 15 is 0 Å². The van der Waals surface area contributed by atoms with Crippen LogP contribution < -0.4 is 11.0 Å². The topological polar surface area (TPSA) is 170 Å². The summed E-state index contributed by atoms with van der Waals surface area (Å²) in [6.07, 6.45) is -4.27. The number of amides is 1. The van der Waals surface area contributed by atoms with Gasteiger partial charge in [0.2, 0.25) is 0 Å². The van der Waals surface area contributed by atoms with Gasteiger partial charge >= 0.3 is 11.6 Å². The summed E-state index contributed by atoms with van der Waals surface area (Å²) in [4.78, 5) is 37.1. The number of nitrogens with one attached hydrogen (secondary N) is 1. The van der Waals surface area contributed by atoms with Gasteiger partial charge in [-0.15, -0.1) is 0 Å². The number of carbonyl (C=O) groups is 1. The van der Waals surface area contributed by atoms with Crippen LogP contribution in [0.1, 0.15) is 23.7 Å². The van der Waals surface area contributed by atoms with Crippen LogP contribution in [0.25, 0.3) is 0 Å². The van der Waals surface area contributed by atoms with E-state index in [1.165, 1.54) is 6.92 Å². The van der Waals surface area contributed by atoms with E-state index in [4.69, 9.17) is 4.74 Å². The summed E-state index contributed by atoms with van der Waals surface area (Å²) in [5.74, 6) is -4.13. The van der Waals surface area contributed by atoms with Gasteiger partial charge in [0.1, 0.15) is 17.1 Å². The molecular formula is C14H13FN4O8. The number of rotatable bonds is 4. The highest BCUT2D eigenvalue weighted by atomic mass is 19.1. The van der Waals surface area contributed by atoms with E-state index in [2.05, 4.69) is 9.40 Å². The Morgan fingerprint density at radius 1 is 1.41 bits per heavy atom. The minimum absolute atomic E-state index is 0.487. The van der Waals surface area contributed by atoms with Crippen LogP contribution >= 0.6 is 0 Å². The van der Waals surface area contributed by atoms with Crippen molar-refractivity contribution in [1.29, 1.82) is 0 Å². The van der Waals surface area contributed by atoms with E-state index in [0.717, 1.165) is 12.1 Å². The van der Waals surface area contributed by atoms with E-state index in [-0.39, 0.29) is 0 Å². The maximum atomic E-state index is 14.2. The highest BCUT2D eigenvalue weighted by Gasteiger charge is 2.42. The molecule has 12 nitrogen and oxygen atoms in total. The minimum atomic E-state index is -1.48. The Hall–Kier alpha value is -3.16. The first-order valence-corrected chi connectivity index (χ1v) is 7.55. The number of hydrogen-bond acceptors (Lipinski definition) is 9. The third-order valence-corrected chi connectivity index (χ3v) is 3.89. The number of anilines is 1. The van der Waals surface area contributed by atoms with Gasteiger partial charge < -0.3 is 24.7 Å². The number of aromatic nitrogens is 2. The summed E-state index contributed by atoms with van der Waals surface area (Å²) < 4.78 is 24.8. The molecule has 2 aromatic rings. The third-order valence-electron chi connectivity index (χ3n) is 3.89. The Balaban J connectivity index is 1.83. The highest BCUT2D eigenvalue weighted by Crippen LogP contribution is 2.28. The summed E-state index contributed by atoms with van der Waals surface area (Å²) in [5, 5.41) is 32.1. The maximum absolute atomic E-state index is 14.2. The standard InChI is InChI=1S/C14H13FN4O8/c1-5-9(20)10(21)13(26-5)18-4-6(15)11(17-14(18)23)16-12(22)7-2-3-8(27-7)19(24)25/h2-5,9-10,13,20-21H,1H3,(H,16,17,22,23)/t5-,9-,10-,13-/m1/s1. The molecule has 0 radical (unpaired) electrons. The number of hydrogen-bond donors (Lipinski definition) is 3. The zero-order chi connectivity index (χ0) is 19.9. The summed E-state index contributed by atoms with van der Waals surface area (Å²) in [7, 11) is 0. The van der Waals surface area contributed by atoms with Gasteiger partial charge in [-0.2, -0.15) is 4.98 Å². The molecule has 27 heavy (non-hydrogen) atoms. The first kappa shape index (κ1) is 18.6. The number of carbonyl (C=O) groups excluding carboxylic acids is 1. The second kappa shape index (κ2) is 6.86. The lowest BCUT2D eigenvalue weighted by molar-refractivity contribution is -0.402. The molecule has 1 saturated heterocycles. The molecule has 1 aliphatic heterocycles. The van der Waals surface area contributed by atoms with E-state index in [1.807, 2.05) is 5.32 Å². The van der Waals surface area contributed by atoms with Crippen LogP contribution in [0.3, 0.4) is 0 Å². The number of nitro groups is 1. The van der Waals surface area contributed by atoms with Crippen LogP contribution in [0.15, 0.2) is 27.5 Å². The number of aliphatic hydroxyl groups is 2. The van der Waals surface area contributed by atoms with Crippen LogP contribution in [0.4, 0.5) is 16.1 Å². The second-order valence-corrected chi connectivity index (χ2v) is 5.69. The molecule has 1 amide bonds. The molecule has 0 bridgehead atoms. The van der Waals surface area contributed by atoms with Crippen molar-refractivity contribution >= 4 is 17.6 Å². The zero-order valence-corrected chi connectivity index (χ0v) is 13.6. The number of ether oxygens (including phenoxy) is 1. The third kappa shape index (κ3) is 3.42. The summed E-state index contributed by atoms with van der Waals surface area (Å²) in [6.45, 7) is 1.46. The zero-order valence-electron chi connectivity index (χ0n) is 13.6. The van der Waals surface area contributed by atoms with E-state index in [0.29, 0.717) is 10.8 Å². The average molecular weight is 384 g/mol. The van der Waals surface area contributed by atoms with Crippen molar-refractivity contribution < 1.29 is 33.5 Å². The molecule has 4 atom stereocenters. The van der Waals surface area contributed by atoms with Crippen molar-refractivity contribution in [1.82, 2.24) is 9.55 Å². The first-order chi connectivity index (χ1) is 12.7. The van der Waals surface area contributed by atoms with Gasteiger partial charge in [0.05, 0.1) is 18.4 Å². The quantitative estimate of drug-likeness (QED) is 0.476. The Morgan fingerprint density at radius 2 is 2.11 bits per heavy atom. The fraction of sp³-hybridized carbons (Fsp3) is 0.357. The first-order valence-electron chi connectivity index (χ1n) is 7.55. The Kier molecular flexibility index (Phi) is 4.73. The molecule has 3 rings (SSSR count). The van der Waals surface area contributed by atoms with Gasteiger partial charge in [-0.25, -0.2) is 9.18 Å². The van der Waals surface area contributed by atoms with Crippen LogP contribution in [-0.4, -0.2) is 48.9 Å². The Morgan fingerprint density at radius 3 is 2.67 bits per heavy atom. The largest absolute Gasteiger partial charge is 0.433 e. The molecule has 144 valence electrons. The van der Waals surface area contributed by atoms with Crippen molar-refractivity contribution in [2.24, 2.45) is 0 Å². The lowest BCUT2D eigenvalue weighted by atomic mass is 10.1. The van der Waals surface area contributed by atoms with Crippen LogP contribution in [0.2, 0.25) is 0 Å². The van der Waals surface area contributed by atoms with E-state index < -0.39 is 64.3 Å². The molecule has 0 aliphatic carbocycles. The van der Waals surface area contributed by atoms with E-state index in [1.54, 1.807) is 0 Å². The number of halogens is 1. The molecule has 0 saturated carbocycles. The maximum Gasteiger partial charge on any atom is 0.433 e. The minimum Gasteiger partial charge on any atom is -0.395 e. The van der Waals surface area contributed by atoms with Crippen molar-refractivity contribution in [3.8, 4) is 0 Å². The normalized spacial score (nSPS) is 24.7. The Labute approximate surface area is 149 Å². The molecule has 1 fully saturated rings. The predicted molar refractivity (Wildman–Crippen MR) is 83.4 cm³/mol. The van der Waals surface area contributed by atoms with Gasteiger partial charge in [0.25, 0.3) is 5.91 Å². The monoisotopic (exact) mass is 384 g/mol. The van der Waals surface area contributed by atoms with Gasteiger partial charge in [-0.05, 0) is 13.0 Å². The number of furan rings is 1. The fourth-order valence-electron chi connectivity index (χ4n) is 2.49. The van der Waals surface area contributed by atoms with Crippen LogP contribution in [-0.2, 0) is 4.74 Å². The van der Waals surface area contributed by atoms with Gasteiger partial charge in [-0.3, -0.25) is 19.5 Å². The van der Waals surface area contributed by atoms with Gasteiger partial charge in [0.15, 0.2) is 23.6 Å². The number of nitrogens with zero attached hydrogens (tertiary/aromatic N) is 3. The van der Waals surface area contributed by atoms with Crippen molar-refractivity contribution in [2.45, 2.75) is 31.5 Å². The van der Waals surface area contributed by atoms with Crippen LogP contribution in [0.5, 0.6) is 0 Å². The number of aliphatic hydroxyl groups excluding tert-OH is 2. The van der Waals surface area contributed by atoms with Gasteiger partial charge in [0, 0.05) is 0 Å². The van der Waals surface area contributed by atoms with Gasteiger partial charge in [-0.1, -0.05) is 0 Å². The summed E-state index contributed by atoms with van der Waals surface area (Å²) in [5.41, 5.74) is -1.07. The molecule has 0 aromatic carbocycles. The molecule has 3 heterocycles. The lowest BCUT2D eigenvalue weighted by Gasteiger charge is -2.17. The highest BCUT2D eigenvalue weighted by molar-refractivity contribution is 6.01. The molecule has 2 aromatic heterocycles. The molecular weight excluding hydrogens is 371 g/mol. The summed E-state index contributed by atoms with van der Waals surface area (Å²) in [6, 6.07) is 1.93. The van der Waals surface area contributed by atoms with Crippen molar-refractivity contribution in [3.63, 3.8) is 0 Å². The molecule has 0 unspecified atom stereocenters. The van der Waals surface area contributed by atoms with E-state index in [9.17, 15) is 34.3 Å². The molecule has 0 spiro atoms. The lowest BCUT2D eigenvalue weighted by Crippen LogP contribution is -2.36. The fourth-order valence-corrected chi connectivity index (χ4v) is 2.49. The molecule has 3 N–H and O–H groups in total. The van der Waals surface area contributed by atoms with Crippen LogP contribution in [0, 0.1) is 15.9 Å². The smallest absolute Gasteiger partial charge is 0.395 e. The summed E-state index contributed by atoms with van der Waals surface area (Å²) >= 11 is 0.